The Kier molecular flexibility index (Phi) is 6.71. The van der Waals surface area contributed by atoms with E-state index in [0.29, 0.717) is 48.8 Å². The largest absolute Gasteiger partial charge is 0.418 e. The van der Waals surface area contributed by atoms with Gasteiger partial charge in [0.15, 0.2) is 0 Å². The van der Waals surface area contributed by atoms with Crippen LogP contribution < -0.4 is 20.4 Å². The highest BCUT2D eigenvalue weighted by molar-refractivity contribution is 6.02. The van der Waals surface area contributed by atoms with E-state index in [-0.39, 0.29) is 5.69 Å². The Morgan fingerprint density at radius 3 is 2.54 bits per heavy atom. The standard InChI is InChI=1S/C28H27F3N6/c1-3-37(21-7-9-26(23(16-21)28(29,30)31)36-13-11-33-12-14-36)27-22-15-19(20-5-4-10-34-17-20)6-8-24(22)35-18-25(27)32-2/h3-10,15-18,32-33H,1,11-14H2,2H3. The third-order valence-corrected chi connectivity index (χ3v) is 6.55. The van der Waals surface area contributed by atoms with Crippen molar-refractivity contribution in [3.05, 3.63) is 85.5 Å². The fraction of sp³-hybridized carbons (Fsp3) is 0.214. The lowest BCUT2D eigenvalue weighted by Gasteiger charge is -2.32. The van der Waals surface area contributed by atoms with Crippen LogP contribution in [-0.4, -0.2) is 43.2 Å². The van der Waals surface area contributed by atoms with Crippen molar-refractivity contribution in [2.24, 2.45) is 0 Å². The summed E-state index contributed by atoms with van der Waals surface area (Å²) in [4.78, 5) is 12.2. The van der Waals surface area contributed by atoms with Crippen LogP contribution in [0, 0.1) is 0 Å². The minimum absolute atomic E-state index is 0.189. The predicted octanol–water partition coefficient (Wildman–Crippen LogP) is 6.05. The zero-order valence-electron chi connectivity index (χ0n) is 20.4. The Labute approximate surface area is 213 Å². The molecule has 1 saturated heterocycles. The van der Waals surface area contributed by atoms with Gasteiger partial charge in [-0.1, -0.05) is 18.7 Å². The Hall–Kier alpha value is -4.11. The van der Waals surface area contributed by atoms with Crippen LogP contribution in [0.4, 0.5) is 35.9 Å². The van der Waals surface area contributed by atoms with Crippen molar-refractivity contribution < 1.29 is 13.2 Å². The van der Waals surface area contributed by atoms with Crippen molar-refractivity contribution in [3.63, 3.8) is 0 Å². The highest BCUT2D eigenvalue weighted by Crippen LogP contribution is 2.43. The summed E-state index contributed by atoms with van der Waals surface area (Å²) in [6, 6.07) is 14.1. The van der Waals surface area contributed by atoms with Gasteiger partial charge in [0.1, 0.15) is 0 Å². The summed E-state index contributed by atoms with van der Waals surface area (Å²) < 4.78 is 42.8. The first-order valence-electron chi connectivity index (χ1n) is 12.0. The van der Waals surface area contributed by atoms with Gasteiger partial charge in [-0.05, 0) is 42.0 Å². The first-order valence-corrected chi connectivity index (χ1v) is 12.0. The normalized spacial score (nSPS) is 14.0. The lowest BCUT2D eigenvalue weighted by molar-refractivity contribution is -0.137. The van der Waals surface area contributed by atoms with Crippen LogP contribution in [0.25, 0.3) is 22.0 Å². The van der Waals surface area contributed by atoms with Crippen molar-refractivity contribution in [1.29, 1.82) is 0 Å². The molecule has 6 nitrogen and oxygen atoms in total. The van der Waals surface area contributed by atoms with Gasteiger partial charge in [-0.25, -0.2) is 0 Å². The number of fused-ring (bicyclic) bond motifs is 1. The average molecular weight is 505 g/mol. The third kappa shape index (κ3) is 4.82. The van der Waals surface area contributed by atoms with E-state index in [1.54, 1.807) is 47.6 Å². The molecule has 3 heterocycles. The molecule has 0 bridgehead atoms. The number of aromatic nitrogens is 2. The van der Waals surface area contributed by atoms with Crippen LogP contribution in [0.15, 0.2) is 79.9 Å². The van der Waals surface area contributed by atoms with Gasteiger partial charge in [-0.15, -0.1) is 0 Å². The van der Waals surface area contributed by atoms with E-state index in [1.165, 1.54) is 12.3 Å². The lowest BCUT2D eigenvalue weighted by Crippen LogP contribution is -2.44. The molecule has 0 atom stereocenters. The topological polar surface area (TPSA) is 56.3 Å². The number of alkyl halides is 3. The summed E-state index contributed by atoms with van der Waals surface area (Å²) in [5.74, 6) is 0. The maximum atomic E-state index is 14.3. The summed E-state index contributed by atoms with van der Waals surface area (Å²) in [7, 11) is 1.76. The first-order chi connectivity index (χ1) is 17.9. The Morgan fingerprint density at radius 1 is 1.05 bits per heavy atom. The zero-order chi connectivity index (χ0) is 26.0. The monoisotopic (exact) mass is 504 g/mol. The number of halogens is 3. The molecule has 4 aromatic rings. The summed E-state index contributed by atoms with van der Waals surface area (Å²) in [5.41, 5.74) is 3.76. The van der Waals surface area contributed by atoms with E-state index in [2.05, 4.69) is 27.2 Å². The average Bonchev–Trinajstić information content (AvgIpc) is 2.93. The van der Waals surface area contributed by atoms with Crippen LogP contribution in [0.3, 0.4) is 0 Å². The molecule has 37 heavy (non-hydrogen) atoms. The fourth-order valence-electron chi connectivity index (χ4n) is 4.74. The molecule has 0 spiro atoms. The second kappa shape index (κ2) is 10.1. The molecular weight excluding hydrogens is 477 g/mol. The van der Waals surface area contributed by atoms with Crippen LogP contribution in [0.1, 0.15) is 5.56 Å². The molecule has 0 unspecified atom stereocenters. The maximum Gasteiger partial charge on any atom is 0.418 e. The second-order valence-electron chi connectivity index (χ2n) is 8.73. The van der Waals surface area contributed by atoms with E-state index in [0.717, 1.165) is 16.5 Å². The van der Waals surface area contributed by atoms with E-state index in [4.69, 9.17) is 0 Å². The molecule has 0 aliphatic carbocycles. The molecule has 9 heteroatoms. The summed E-state index contributed by atoms with van der Waals surface area (Å²) >= 11 is 0. The highest BCUT2D eigenvalue weighted by atomic mass is 19.4. The van der Waals surface area contributed by atoms with Crippen LogP contribution in [0.5, 0.6) is 0 Å². The van der Waals surface area contributed by atoms with Gasteiger partial charge in [0.25, 0.3) is 0 Å². The van der Waals surface area contributed by atoms with E-state index in [9.17, 15) is 13.2 Å². The molecule has 5 rings (SSSR count). The number of hydrogen-bond donors (Lipinski definition) is 2. The van der Waals surface area contributed by atoms with Crippen molar-refractivity contribution in [2.75, 3.05) is 48.3 Å². The van der Waals surface area contributed by atoms with E-state index >= 15 is 0 Å². The lowest BCUT2D eigenvalue weighted by atomic mass is 10.0. The van der Waals surface area contributed by atoms with Gasteiger partial charge >= 0.3 is 6.18 Å². The van der Waals surface area contributed by atoms with Crippen molar-refractivity contribution in [1.82, 2.24) is 15.3 Å². The summed E-state index contributed by atoms with van der Waals surface area (Å²) in [6.45, 7) is 6.27. The third-order valence-electron chi connectivity index (χ3n) is 6.55. The van der Waals surface area contributed by atoms with Crippen molar-refractivity contribution >= 4 is 33.7 Å². The molecule has 0 radical (unpaired) electrons. The number of nitrogens with one attached hydrogen (secondary N) is 2. The molecular formula is C28H27F3N6. The Bertz CT molecular complexity index is 1420. The minimum atomic E-state index is -4.51. The maximum absolute atomic E-state index is 14.3. The van der Waals surface area contributed by atoms with Gasteiger partial charge in [0, 0.05) is 74.1 Å². The van der Waals surface area contributed by atoms with Gasteiger partial charge in [-0.3, -0.25) is 9.97 Å². The highest BCUT2D eigenvalue weighted by Gasteiger charge is 2.36. The molecule has 190 valence electrons. The molecule has 0 amide bonds. The summed E-state index contributed by atoms with van der Waals surface area (Å²) in [6.07, 6.45) is 2.18. The number of hydrogen-bond acceptors (Lipinski definition) is 6. The number of pyridine rings is 2. The van der Waals surface area contributed by atoms with Crippen molar-refractivity contribution in [2.45, 2.75) is 6.18 Å². The molecule has 0 saturated carbocycles. The first kappa shape index (κ1) is 24.6. The smallest absolute Gasteiger partial charge is 0.385 e. The number of piperazine rings is 1. The van der Waals surface area contributed by atoms with Crippen molar-refractivity contribution in [3.8, 4) is 11.1 Å². The quantitative estimate of drug-likeness (QED) is 0.334. The number of rotatable bonds is 6. The molecule has 1 aliphatic heterocycles. The molecule has 2 N–H and O–H groups in total. The molecule has 2 aromatic carbocycles. The van der Waals surface area contributed by atoms with Gasteiger partial charge in [0.2, 0.25) is 0 Å². The zero-order valence-corrected chi connectivity index (χ0v) is 20.4. The van der Waals surface area contributed by atoms with Crippen LogP contribution in [-0.2, 0) is 6.18 Å². The van der Waals surface area contributed by atoms with Crippen LogP contribution >= 0.6 is 0 Å². The number of nitrogens with zero attached hydrogens (tertiary/aromatic N) is 4. The SMILES string of the molecule is C=CN(c1ccc(N2CCNCC2)c(C(F)(F)F)c1)c1c(NC)cnc2ccc(-c3cccnc3)cc12. The Morgan fingerprint density at radius 2 is 1.86 bits per heavy atom. The molecule has 1 fully saturated rings. The van der Waals surface area contributed by atoms with E-state index in [1.807, 2.05) is 30.3 Å². The van der Waals surface area contributed by atoms with Crippen LogP contribution in [0.2, 0.25) is 0 Å². The molecule has 2 aromatic heterocycles. The fourth-order valence-corrected chi connectivity index (χ4v) is 4.74. The summed E-state index contributed by atoms with van der Waals surface area (Å²) in [5, 5.41) is 7.10. The minimum Gasteiger partial charge on any atom is -0.385 e. The van der Waals surface area contributed by atoms with Gasteiger partial charge in [0.05, 0.1) is 28.7 Å². The van der Waals surface area contributed by atoms with Gasteiger partial charge in [-0.2, -0.15) is 13.2 Å². The second-order valence-corrected chi connectivity index (χ2v) is 8.73. The number of benzene rings is 2. The molecule has 1 aliphatic rings. The predicted molar refractivity (Wildman–Crippen MR) is 143 cm³/mol. The Balaban J connectivity index is 1.67. The van der Waals surface area contributed by atoms with E-state index < -0.39 is 11.7 Å². The number of anilines is 4. The van der Waals surface area contributed by atoms with Gasteiger partial charge < -0.3 is 20.4 Å².